The fourth-order valence-electron chi connectivity index (χ4n) is 2.83. The van der Waals surface area contributed by atoms with Crippen molar-refractivity contribution in [1.29, 1.82) is 0 Å². The van der Waals surface area contributed by atoms with Crippen molar-refractivity contribution in [2.75, 3.05) is 34.2 Å². The van der Waals surface area contributed by atoms with Gasteiger partial charge >= 0.3 is 0 Å². The van der Waals surface area contributed by atoms with E-state index in [0.717, 1.165) is 0 Å². The molecule has 29 heavy (non-hydrogen) atoms. The number of ketones is 1. The number of anilines is 1. The zero-order valence-corrected chi connectivity index (χ0v) is 16.6. The maximum Gasteiger partial charge on any atom is 0.219 e. The third kappa shape index (κ3) is 4.08. The van der Waals surface area contributed by atoms with Crippen LogP contribution < -0.4 is 24.7 Å². The Morgan fingerprint density at radius 2 is 1.69 bits per heavy atom. The van der Waals surface area contributed by atoms with Crippen LogP contribution in [-0.4, -0.2) is 49.0 Å². The summed E-state index contributed by atoms with van der Waals surface area (Å²) in [5.41, 5.74) is 7.09. The van der Waals surface area contributed by atoms with Gasteiger partial charge < -0.3 is 24.7 Å². The Hall–Kier alpha value is -3.75. The Morgan fingerprint density at radius 3 is 2.28 bits per heavy atom. The first-order valence-corrected chi connectivity index (χ1v) is 8.68. The molecule has 0 saturated heterocycles. The van der Waals surface area contributed by atoms with Gasteiger partial charge in [0.15, 0.2) is 23.1 Å². The third-order valence-electron chi connectivity index (χ3n) is 4.31. The zero-order chi connectivity index (χ0) is 21.0. The number of nitrogens with two attached hydrogens (primary N) is 1. The molecule has 0 atom stereocenters. The zero-order valence-electron chi connectivity index (χ0n) is 16.6. The van der Waals surface area contributed by atoms with Crippen LogP contribution in [0.3, 0.4) is 0 Å². The minimum absolute atomic E-state index is 0.0591. The van der Waals surface area contributed by atoms with Crippen LogP contribution in [0.4, 0.5) is 5.95 Å². The van der Waals surface area contributed by atoms with Crippen molar-refractivity contribution in [3.63, 3.8) is 0 Å². The van der Waals surface area contributed by atoms with Crippen LogP contribution in [0.5, 0.6) is 23.0 Å². The summed E-state index contributed by atoms with van der Waals surface area (Å²) >= 11 is 0. The highest BCUT2D eigenvalue weighted by molar-refractivity contribution is 5.96. The normalized spacial score (nSPS) is 10.5. The van der Waals surface area contributed by atoms with Gasteiger partial charge in [0.1, 0.15) is 12.3 Å². The molecule has 0 bridgehead atoms. The number of hydrogen-bond acceptors (Lipinski definition) is 8. The lowest BCUT2D eigenvalue weighted by molar-refractivity contribution is 0.0968. The van der Waals surface area contributed by atoms with E-state index in [1.54, 1.807) is 43.5 Å². The molecule has 3 aromatic rings. The highest BCUT2D eigenvalue weighted by Gasteiger charge is 2.18. The molecule has 9 heteroatoms. The standard InChI is InChI=1S/C20H22N4O5/c1-26-14-7-5-6-12(8-14)15(25)11-24-20(21)22-19(23-24)13-9-16(27-2)18(29-4)17(10-13)28-3/h5-10H,11H2,1-4H3,(H2,21,22,23). The molecule has 0 fully saturated rings. The molecule has 1 aromatic heterocycles. The third-order valence-corrected chi connectivity index (χ3v) is 4.31. The predicted molar refractivity (Wildman–Crippen MR) is 107 cm³/mol. The highest BCUT2D eigenvalue weighted by atomic mass is 16.5. The number of rotatable bonds is 8. The molecule has 3 rings (SSSR count). The number of Topliss-reactive ketones (excluding diaryl/α,β-unsaturated/α-hetero) is 1. The lowest BCUT2D eigenvalue weighted by atomic mass is 10.1. The first-order chi connectivity index (χ1) is 14.0. The molecular formula is C20H22N4O5. The number of hydrogen-bond donors (Lipinski definition) is 1. The number of carbonyl (C=O) groups is 1. The van der Waals surface area contributed by atoms with Crippen molar-refractivity contribution in [3.8, 4) is 34.4 Å². The second kappa shape index (κ2) is 8.51. The number of benzene rings is 2. The monoisotopic (exact) mass is 398 g/mol. The van der Waals surface area contributed by atoms with Crippen molar-refractivity contribution in [3.05, 3.63) is 42.0 Å². The summed E-state index contributed by atoms with van der Waals surface area (Å²) < 4.78 is 22.5. The molecule has 0 saturated carbocycles. The highest BCUT2D eigenvalue weighted by Crippen LogP contribution is 2.40. The Bertz CT molecular complexity index is 1010. The second-order valence-electron chi connectivity index (χ2n) is 6.02. The summed E-state index contributed by atoms with van der Waals surface area (Å²) in [7, 11) is 6.11. The summed E-state index contributed by atoms with van der Waals surface area (Å²) in [6.07, 6.45) is 0. The van der Waals surface area contributed by atoms with Crippen LogP contribution in [-0.2, 0) is 6.54 Å². The van der Waals surface area contributed by atoms with Gasteiger partial charge in [0.05, 0.1) is 28.4 Å². The van der Waals surface area contributed by atoms with E-state index in [1.165, 1.54) is 26.0 Å². The Balaban J connectivity index is 1.91. The minimum atomic E-state index is -0.169. The van der Waals surface area contributed by atoms with Gasteiger partial charge in [-0.25, -0.2) is 4.68 Å². The van der Waals surface area contributed by atoms with Crippen LogP contribution >= 0.6 is 0 Å². The molecule has 0 aliphatic carbocycles. The van der Waals surface area contributed by atoms with Gasteiger partial charge in [-0.15, -0.1) is 5.10 Å². The number of nitrogens with zero attached hydrogens (tertiary/aromatic N) is 3. The quantitative estimate of drug-likeness (QED) is 0.576. The van der Waals surface area contributed by atoms with E-state index in [0.29, 0.717) is 39.9 Å². The van der Waals surface area contributed by atoms with Crippen molar-refractivity contribution < 1.29 is 23.7 Å². The Kier molecular flexibility index (Phi) is 5.87. The van der Waals surface area contributed by atoms with E-state index in [2.05, 4.69) is 10.1 Å². The average Bonchev–Trinajstić information content (AvgIpc) is 3.12. The summed E-state index contributed by atoms with van der Waals surface area (Å²) in [5.74, 6) is 2.26. The number of ether oxygens (including phenoxy) is 4. The predicted octanol–water partition coefficient (Wildman–Crippen LogP) is 2.44. The largest absolute Gasteiger partial charge is 0.497 e. The van der Waals surface area contributed by atoms with Crippen LogP contribution in [0.15, 0.2) is 36.4 Å². The van der Waals surface area contributed by atoms with E-state index in [4.69, 9.17) is 24.7 Å². The first-order valence-electron chi connectivity index (χ1n) is 8.68. The van der Waals surface area contributed by atoms with Crippen molar-refractivity contribution >= 4 is 11.7 Å². The summed E-state index contributed by atoms with van der Waals surface area (Å²) in [5, 5.41) is 4.37. The van der Waals surface area contributed by atoms with E-state index in [9.17, 15) is 4.79 Å². The van der Waals surface area contributed by atoms with Crippen molar-refractivity contribution in [2.24, 2.45) is 0 Å². The van der Waals surface area contributed by atoms with E-state index in [-0.39, 0.29) is 18.3 Å². The van der Waals surface area contributed by atoms with E-state index >= 15 is 0 Å². The molecule has 2 N–H and O–H groups in total. The Labute approximate surface area is 168 Å². The molecule has 0 amide bonds. The van der Waals surface area contributed by atoms with Crippen LogP contribution in [0.2, 0.25) is 0 Å². The molecule has 152 valence electrons. The second-order valence-corrected chi connectivity index (χ2v) is 6.02. The van der Waals surface area contributed by atoms with Gasteiger partial charge in [0, 0.05) is 11.1 Å². The molecule has 0 unspecified atom stereocenters. The topological polar surface area (TPSA) is 111 Å². The fraction of sp³-hybridized carbons (Fsp3) is 0.250. The number of carbonyl (C=O) groups excluding carboxylic acids is 1. The fourth-order valence-corrected chi connectivity index (χ4v) is 2.83. The molecule has 9 nitrogen and oxygen atoms in total. The Morgan fingerprint density at radius 1 is 1.00 bits per heavy atom. The van der Waals surface area contributed by atoms with Crippen molar-refractivity contribution in [2.45, 2.75) is 6.54 Å². The van der Waals surface area contributed by atoms with Crippen molar-refractivity contribution in [1.82, 2.24) is 14.8 Å². The molecule has 0 aliphatic rings. The molecule has 0 aliphatic heterocycles. The lowest BCUT2D eigenvalue weighted by Gasteiger charge is -2.12. The van der Waals surface area contributed by atoms with Gasteiger partial charge in [0.25, 0.3) is 0 Å². The molecule has 0 spiro atoms. The maximum absolute atomic E-state index is 12.6. The van der Waals surface area contributed by atoms with Gasteiger partial charge in [-0.2, -0.15) is 4.98 Å². The number of nitrogen functional groups attached to an aromatic ring is 1. The number of methoxy groups -OCH3 is 4. The molecule has 0 radical (unpaired) electrons. The van der Waals surface area contributed by atoms with Gasteiger partial charge in [0.2, 0.25) is 11.7 Å². The van der Waals surface area contributed by atoms with Crippen LogP contribution in [0, 0.1) is 0 Å². The molecule has 1 heterocycles. The first kappa shape index (κ1) is 20.0. The maximum atomic E-state index is 12.6. The SMILES string of the molecule is COc1cccc(C(=O)Cn2nc(-c3cc(OC)c(OC)c(OC)c3)nc2N)c1. The van der Waals surface area contributed by atoms with Gasteiger partial charge in [-0.05, 0) is 24.3 Å². The van der Waals surface area contributed by atoms with Crippen LogP contribution in [0.25, 0.3) is 11.4 Å². The molecule has 2 aromatic carbocycles. The van der Waals surface area contributed by atoms with E-state index in [1.807, 2.05) is 0 Å². The summed E-state index contributed by atoms with van der Waals surface area (Å²) in [6.45, 7) is -0.0591. The lowest BCUT2D eigenvalue weighted by Crippen LogP contribution is -2.14. The average molecular weight is 398 g/mol. The smallest absolute Gasteiger partial charge is 0.219 e. The van der Waals surface area contributed by atoms with Gasteiger partial charge in [-0.3, -0.25) is 4.79 Å². The minimum Gasteiger partial charge on any atom is -0.497 e. The van der Waals surface area contributed by atoms with Gasteiger partial charge in [-0.1, -0.05) is 12.1 Å². The molecular weight excluding hydrogens is 376 g/mol. The number of aromatic nitrogens is 3. The summed E-state index contributed by atoms with van der Waals surface area (Å²) in [4.78, 5) is 16.9. The van der Waals surface area contributed by atoms with E-state index < -0.39 is 0 Å². The van der Waals surface area contributed by atoms with Crippen LogP contribution in [0.1, 0.15) is 10.4 Å². The summed E-state index contributed by atoms with van der Waals surface area (Å²) in [6, 6.07) is 10.3.